The zero-order valence-electron chi connectivity index (χ0n) is 9.52. The van der Waals surface area contributed by atoms with E-state index in [1.807, 2.05) is 13.8 Å². The number of ketones is 1. The summed E-state index contributed by atoms with van der Waals surface area (Å²) in [5.74, 6) is 2.47. The number of hydrogen-bond donors (Lipinski definition) is 0. The normalized spacial score (nSPS) is 12.2. The van der Waals surface area contributed by atoms with Crippen LogP contribution in [0.4, 0.5) is 0 Å². The number of Topliss-reactive ketones (excluding diaryl/α,β-unsaturated/α-hetero) is 1. The van der Waals surface area contributed by atoms with E-state index in [0.29, 0.717) is 11.5 Å². The maximum Gasteiger partial charge on any atom is 0.145 e. The maximum absolute atomic E-state index is 11.3. The van der Waals surface area contributed by atoms with E-state index in [0.717, 1.165) is 5.75 Å². The van der Waals surface area contributed by atoms with Crippen LogP contribution in [-0.2, 0) is 4.79 Å². The molecule has 0 saturated carbocycles. The Morgan fingerprint density at radius 3 is 2.23 bits per heavy atom. The summed E-state index contributed by atoms with van der Waals surface area (Å²) in [5, 5.41) is 0. The fourth-order valence-corrected chi connectivity index (χ4v) is 4.42. The van der Waals surface area contributed by atoms with E-state index in [1.54, 1.807) is 11.8 Å². The SMILES string of the molecule is CC(C)C(=O)CSCC[Si](C)(C)C. The van der Waals surface area contributed by atoms with Gasteiger partial charge >= 0.3 is 0 Å². The first-order valence-corrected chi connectivity index (χ1v) is 9.79. The summed E-state index contributed by atoms with van der Waals surface area (Å²) in [6, 6.07) is 1.32. The molecule has 0 rings (SSSR count). The Labute approximate surface area is 87.7 Å². The molecule has 0 spiro atoms. The van der Waals surface area contributed by atoms with Crippen molar-refractivity contribution < 1.29 is 4.79 Å². The molecule has 0 aliphatic rings. The van der Waals surface area contributed by atoms with Crippen molar-refractivity contribution >= 4 is 25.6 Å². The van der Waals surface area contributed by atoms with Crippen LogP contribution in [0, 0.1) is 5.92 Å². The average Bonchev–Trinajstić information content (AvgIpc) is 1.95. The van der Waals surface area contributed by atoms with Gasteiger partial charge in [-0.2, -0.15) is 11.8 Å². The molecule has 0 saturated heterocycles. The Morgan fingerprint density at radius 2 is 1.85 bits per heavy atom. The van der Waals surface area contributed by atoms with Crippen molar-refractivity contribution in [3.8, 4) is 0 Å². The monoisotopic (exact) mass is 218 g/mol. The number of thioether (sulfide) groups is 1. The zero-order valence-corrected chi connectivity index (χ0v) is 11.3. The lowest BCUT2D eigenvalue weighted by molar-refractivity contribution is -0.119. The van der Waals surface area contributed by atoms with Crippen molar-refractivity contribution in [2.75, 3.05) is 11.5 Å². The first-order valence-electron chi connectivity index (χ1n) is 4.93. The largest absolute Gasteiger partial charge is 0.298 e. The maximum atomic E-state index is 11.3. The smallest absolute Gasteiger partial charge is 0.145 e. The second kappa shape index (κ2) is 5.86. The zero-order chi connectivity index (χ0) is 10.5. The molecule has 0 unspecified atom stereocenters. The van der Waals surface area contributed by atoms with Gasteiger partial charge in [0.25, 0.3) is 0 Å². The van der Waals surface area contributed by atoms with Gasteiger partial charge in [0.1, 0.15) is 5.78 Å². The third-order valence-electron chi connectivity index (χ3n) is 1.88. The molecule has 0 atom stereocenters. The minimum absolute atomic E-state index is 0.208. The molecule has 0 aromatic carbocycles. The van der Waals surface area contributed by atoms with Crippen molar-refractivity contribution in [2.24, 2.45) is 5.92 Å². The predicted octanol–water partition coefficient (Wildman–Crippen LogP) is 3.28. The van der Waals surface area contributed by atoms with Crippen LogP contribution in [-0.4, -0.2) is 25.4 Å². The quantitative estimate of drug-likeness (QED) is 0.503. The summed E-state index contributed by atoms with van der Waals surface area (Å²) in [6.45, 7) is 11.1. The second-order valence-electron chi connectivity index (χ2n) is 4.98. The topological polar surface area (TPSA) is 17.1 Å². The fourth-order valence-electron chi connectivity index (χ4n) is 0.718. The highest BCUT2D eigenvalue weighted by Crippen LogP contribution is 2.14. The van der Waals surface area contributed by atoms with Gasteiger partial charge in [-0.3, -0.25) is 4.79 Å². The standard InChI is InChI=1S/C10H22OSSi/c1-9(2)10(11)8-12-6-7-13(3,4)5/h9H,6-8H2,1-5H3. The molecule has 0 aromatic heterocycles. The summed E-state index contributed by atoms with van der Waals surface area (Å²) < 4.78 is 0. The highest BCUT2D eigenvalue weighted by Gasteiger charge is 2.13. The van der Waals surface area contributed by atoms with Gasteiger partial charge in [-0.05, 0) is 11.8 Å². The lowest BCUT2D eigenvalue weighted by atomic mass is 10.1. The highest BCUT2D eigenvalue weighted by molar-refractivity contribution is 8.00. The van der Waals surface area contributed by atoms with Gasteiger partial charge in [-0.15, -0.1) is 0 Å². The minimum atomic E-state index is -0.889. The van der Waals surface area contributed by atoms with Gasteiger partial charge in [-0.25, -0.2) is 0 Å². The van der Waals surface area contributed by atoms with E-state index >= 15 is 0 Å². The van der Waals surface area contributed by atoms with Crippen molar-refractivity contribution in [1.29, 1.82) is 0 Å². The highest BCUT2D eigenvalue weighted by atomic mass is 32.2. The molecule has 78 valence electrons. The average molecular weight is 218 g/mol. The van der Waals surface area contributed by atoms with Crippen LogP contribution < -0.4 is 0 Å². The van der Waals surface area contributed by atoms with E-state index in [4.69, 9.17) is 0 Å². The minimum Gasteiger partial charge on any atom is -0.298 e. The summed E-state index contributed by atoms with van der Waals surface area (Å²) >= 11 is 1.80. The fraction of sp³-hybridized carbons (Fsp3) is 0.900. The summed E-state index contributed by atoms with van der Waals surface area (Å²) in [7, 11) is -0.889. The molecule has 0 N–H and O–H groups in total. The van der Waals surface area contributed by atoms with Crippen LogP contribution in [0.1, 0.15) is 13.8 Å². The Hall–Kier alpha value is 0.237. The van der Waals surface area contributed by atoms with Gasteiger partial charge in [-0.1, -0.05) is 33.5 Å². The first-order chi connectivity index (χ1) is 5.83. The molecule has 1 nitrogen and oxygen atoms in total. The first kappa shape index (κ1) is 13.2. The van der Waals surface area contributed by atoms with Crippen LogP contribution in [0.15, 0.2) is 0 Å². The van der Waals surface area contributed by atoms with Crippen LogP contribution >= 0.6 is 11.8 Å². The van der Waals surface area contributed by atoms with E-state index in [1.165, 1.54) is 6.04 Å². The second-order valence-corrected chi connectivity index (χ2v) is 11.7. The molecule has 0 radical (unpaired) electrons. The predicted molar refractivity (Wildman–Crippen MR) is 65.3 cm³/mol. The summed E-state index contributed by atoms with van der Waals surface area (Å²) in [6.07, 6.45) is 0. The van der Waals surface area contributed by atoms with E-state index in [-0.39, 0.29) is 5.92 Å². The Kier molecular flexibility index (Phi) is 5.97. The lowest BCUT2D eigenvalue weighted by Crippen LogP contribution is -2.20. The molecular weight excluding hydrogens is 196 g/mol. The number of carbonyl (C=O) groups is 1. The van der Waals surface area contributed by atoms with Crippen LogP contribution in [0.2, 0.25) is 25.7 Å². The lowest BCUT2D eigenvalue weighted by Gasteiger charge is -2.14. The summed E-state index contributed by atoms with van der Waals surface area (Å²) in [5.41, 5.74) is 0. The van der Waals surface area contributed by atoms with E-state index in [2.05, 4.69) is 19.6 Å². The van der Waals surface area contributed by atoms with Crippen LogP contribution in [0.25, 0.3) is 0 Å². The number of rotatable bonds is 6. The molecule has 0 amide bonds. The van der Waals surface area contributed by atoms with Crippen molar-refractivity contribution in [2.45, 2.75) is 39.5 Å². The van der Waals surface area contributed by atoms with Gasteiger partial charge in [0.15, 0.2) is 0 Å². The Bertz CT molecular complexity index is 161. The molecule has 0 bridgehead atoms. The van der Waals surface area contributed by atoms with Gasteiger partial charge in [0, 0.05) is 14.0 Å². The Morgan fingerprint density at radius 1 is 1.31 bits per heavy atom. The molecule has 0 fully saturated rings. The van der Waals surface area contributed by atoms with Gasteiger partial charge < -0.3 is 0 Å². The van der Waals surface area contributed by atoms with Gasteiger partial charge in [0.05, 0.1) is 5.75 Å². The molecule has 0 aliphatic heterocycles. The molecular formula is C10H22OSSi. The molecule has 0 aromatic rings. The van der Waals surface area contributed by atoms with Crippen molar-refractivity contribution in [3.05, 3.63) is 0 Å². The van der Waals surface area contributed by atoms with Crippen molar-refractivity contribution in [3.63, 3.8) is 0 Å². The van der Waals surface area contributed by atoms with Gasteiger partial charge in [0.2, 0.25) is 0 Å². The molecule has 13 heavy (non-hydrogen) atoms. The third-order valence-corrected chi connectivity index (χ3v) is 4.98. The summed E-state index contributed by atoms with van der Waals surface area (Å²) in [4.78, 5) is 11.3. The van der Waals surface area contributed by atoms with E-state index in [9.17, 15) is 4.79 Å². The van der Waals surface area contributed by atoms with Crippen molar-refractivity contribution in [1.82, 2.24) is 0 Å². The molecule has 0 heterocycles. The number of hydrogen-bond acceptors (Lipinski definition) is 2. The van der Waals surface area contributed by atoms with Crippen LogP contribution in [0.5, 0.6) is 0 Å². The Balaban J connectivity index is 3.42. The third kappa shape index (κ3) is 8.56. The molecule has 0 aliphatic carbocycles. The number of carbonyl (C=O) groups excluding carboxylic acids is 1. The van der Waals surface area contributed by atoms with Crippen LogP contribution in [0.3, 0.4) is 0 Å². The molecule has 3 heteroatoms. The van der Waals surface area contributed by atoms with E-state index < -0.39 is 8.07 Å².